The predicted molar refractivity (Wildman–Crippen MR) is 87.0 cm³/mol. The molecule has 23 heavy (non-hydrogen) atoms. The number of nitrogens with one attached hydrogen (secondary N) is 1. The lowest BCUT2D eigenvalue weighted by atomic mass is 10.1. The summed E-state index contributed by atoms with van der Waals surface area (Å²) in [5, 5.41) is 2.69. The Labute approximate surface area is 135 Å². The molecular weight excluding hydrogens is 294 g/mol. The van der Waals surface area contributed by atoms with Gasteiger partial charge in [-0.15, -0.1) is 0 Å². The minimum absolute atomic E-state index is 0.0187. The molecule has 6 heteroatoms. The Hall–Kier alpha value is -2.37. The molecule has 3 rings (SSSR count). The van der Waals surface area contributed by atoms with Crippen LogP contribution >= 0.6 is 0 Å². The van der Waals surface area contributed by atoms with Crippen molar-refractivity contribution in [3.05, 3.63) is 24.3 Å². The summed E-state index contributed by atoms with van der Waals surface area (Å²) >= 11 is 0. The molecule has 2 fully saturated rings. The Kier molecular flexibility index (Phi) is 4.32. The van der Waals surface area contributed by atoms with Crippen molar-refractivity contribution in [3.8, 4) is 0 Å². The maximum Gasteiger partial charge on any atom is 0.228 e. The Balaban J connectivity index is 1.67. The van der Waals surface area contributed by atoms with Gasteiger partial charge in [0.2, 0.25) is 17.7 Å². The Morgan fingerprint density at radius 2 is 1.78 bits per heavy atom. The third kappa shape index (κ3) is 3.36. The van der Waals surface area contributed by atoms with Crippen LogP contribution in [0, 0.1) is 5.92 Å². The van der Waals surface area contributed by atoms with E-state index in [1.54, 1.807) is 29.2 Å². The highest BCUT2D eigenvalue weighted by Crippen LogP contribution is 2.28. The van der Waals surface area contributed by atoms with Crippen molar-refractivity contribution < 1.29 is 14.4 Å². The zero-order chi connectivity index (χ0) is 16.4. The third-order valence-electron chi connectivity index (χ3n) is 4.39. The predicted octanol–water partition coefficient (Wildman–Crippen LogP) is 1.62. The molecule has 2 aliphatic heterocycles. The highest BCUT2D eigenvalue weighted by Gasteiger charge is 2.37. The number of nitrogens with zero attached hydrogens (tertiary/aromatic N) is 2. The Morgan fingerprint density at radius 1 is 1.13 bits per heavy atom. The number of benzene rings is 1. The van der Waals surface area contributed by atoms with Crippen molar-refractivity contribution in [1.82, 2.24) is 4.90 Å². The van der Waals surface area contributed by atoms with Crippen molar-refractivity contribution >= 4 is 29.1 Å². The molecule has 1 aromatic carbocycles. The fraction of sp³-hybridized carbons (Fsp3) is 0.471. The maximum atomic E-state index is 12.4. The summed E-state index contributed by atoms with van der Waals surface area (Å²) < 4.78 is 0. The fourth-order valence-electron chi connectivity index (χ4n) is 3.25. The molecule has 1 aromatic rings. The molecule has 1 atom stereocenters. The van der Waals surface area contributed by atoms with Gasteiger partial charge < -0.3 is 15.1 Å². The molecule has 0 bridgehead atoms. The quantitative estimate of drug-likeness (QED) is 0.921. The lowest BCUT2D eigenvalue weighted by Crippen LogP contribution is -2.35. The second-order valence-corrected chi connectivity index (χ2v) is 6.17. The molecule has 0 aliphatic carbocycles. The molecule has 3 amide bonds. The average Bonchev–Trinajstić information content (AvgIpc) is 3.16. The molecule has 0 aromatic heterocycles. The maximum absolute atomic E-state index is 12.4. The largest absolute Gasteiger partial charge is 0.342 e. The van der Waals surface area contributed by atoms with Gasteiger partial charge in [-0.25, -0.2) is 0 Å². The summed E-state index contributed by atoms with van der Waals surface area (Å²) in [6, 6.07) is 7.12. The van der Waals surface area contributed by atoms with E-state index in [4.69, 9.17) is 0 Å². The average molecular weight is 315 g/mol. The van der Waals surface area contributed by atoms with Crippen molar-refractivity contribution in [2.45, 2.75) is 26.2 Å². The van der Waals surface area contributed by atoms with E-state index in [1.165, 1.54) is 6.92 Å². The van der Waals surface area contributed by atoms with Gasteiger partial charge in [0.05, 0.1) is 5.92 Å². The standard InChI is InChI=1S/C17H21N3O3/c1-12(21)18-14-4-6-15(7-5-14)20-11-13(10-16(20)22)17(23)19-8-2-3-9-19/h4-7,13H,2-3,8-11H2,1H3,(H,18,21)/t13-/m0/s1. The molecule has 0 unspecified atom stereocenters. The Morgan fingerprint density at radius 3 is 2.39 bits per heavy atom. The summed E-state index contributed by atoms with van der Waals surface area (Å²) in [6.45, 7) is 3.52. The minimum atomic E-state index is -0.240. The van der Waals surface area contributed by atoms with Crippen LogP contribution in [0.4, 0.5) is 11.4 Å². The van der Waals surface area contributed by atoms with Crippen LogP contribution in [0.1, 0.15) is 26.2 Å². The van der Waals surface area contributed by atoms with Crippen LogP contribution in [0.3, 0.4) is 0 Å². The number of hydrogen-bond donors (Lipinski definition) is 1. The second kappa shape index (κ2) is 6.40. The van der Waals surface area contributed by atoms with Gasteiger partial charge in [0.1, 0.15) is 0 Å². The van der Waals surface area contributed by atoms with Gasteiger partial charge in [0, 0.05) is 44.4 Å². The van der Waals surface area contributed by atoms with Crippen molar-refractivity contribution in [2.75, 3.05) is 29.9 Å². The number of carbonyl (C=O) groups excluding carboxylic acids is 3. The number of anilines is 2. The SMILES string of the molecule is CC(=O)Nc1ccc(N2C[C@@H](C(=O)N3CCCC3)CC2=O)cc1. The summed E-state index contributed by atoms with van der Waals surface area (Å²) in [5.41, 5.74) is 1.46. The van der Waals surface area contributed by atoms with E-state index in [-0.39, 0.29) is 30.1 Å². The molecule has 6 nitrogen and oxygen atoms in total. The van der Waals surface area contributed by atoms with Gasteiger partial charge in [-0.05, 0) is 37.1 Å². The summed E-state index contributed by atoms with van der Waals surface area (Å²) in [5.74, 6) is -0.287. The molecule has 0 saturated carbocycles. The second-order valence-electron chi connectivity index (χ2n) is 6.17. The van der Waals surface area contributed by atoms with Crippen molar-refractivity contribution in [3.63, 3.8) is 0 Å². The molecule has 2 aliphatic rings. The zero-order valence-corrected chi connectivity index (χ0v) is 13.2. The van der Waals surface area contributed by atoms with Gasteiger partial charge in [0.25, 0.3) is 0 Å². The molecule has 1 N–H and O–H groups in total. The first kappa shape index (κ1) is 15.5. The lowest BCUT2D eigenvalue weighted by molar-refractivity contribution is -0.134. The molecule has 0 spiro atoms. The first-order valence-electron chi connectivity index (χ1n) is 8.01. The summed E-state index contributed by atoms with van der Waals surface area (Å²) in [6.07, 6.45) is 2.39. The van der Waals surface area contributed by atoms with Gasteiger partial charge >= 0.3 is 0 Å². The van der Waals surface area contributed by atoms with E-state index in [2.05, 4.69) is 5.32 Å². The monoisotopic (exact) mass is 315 g/mol. The van der Waals surface area contributed by atoms with Crippen LogP contribution in [0.15, 0.2) is 24.3 Å². The van der Waals surface area contributed by atoms with E-state index < -0.39 is 0 Å². The van der Waals surface area contributed by atoms with Gasteiger partial charge in [-0.2, -0.15) is 0 Å². The molecule has 122 valence electrons. The van der Waals surface area contributed by atoms with Crippen LogP contribution in [-0.4, -0.2) is 42.3 Å². The third-order valence-corrected chi connectivity index (χ3v) is 4.39. The van der Waals surface area contributed by atoms with Crippen LogP contribution in [0.2, 0.25) is 0 Å². The first-order valence-corrected chi connectivity index (χ1v) is 8.01. The van der Waals surface area contributed by atoms with Crippen molar-refractivity contribution in [1.29, 1.82) is 0 Å². The van der Waals surface area contributed by atoms with E-state index >= 15 is 0 Å². The highest BCUT2D eigenvalue weighted by molar-refractivity contribution is 6.00. The number of amides is 3. The van der Waals surface area contributed by atoms with Gasteiger partial charge in [-0.1, -0.05) is 0 Å². The number of hydrogen-bond acceptors (Lipinski definition) is 3. The normalized spacial score (nSPS) is 20.9. The molecular formula is C17H21N3O3. The van der Waals surface area contributed by atoms with E-state index in [1.807, 2.05) is 4.90 Å². The van der Waals surface area contributed by atoms with Crippen LogP contribution in [0.25, 0.3) is 0 Å². The topological polar surface area (TPSA) is 69.7 Å². The van der Waals surface area contributed by atoms with Crippen LogP contribution < -0.4 is 10.2 Å². The highest BCUT2D eigenvalue weighted by atomic mass is 16.2. The molecule has 0 radical (unpaired) electrons. The lowest BCUT2D eigenvalue weighted by Gasteiger charge is -2.20. The summed E-state index contributed by atoms with van der Waals surface area (Å²) in [7, 11) is 0. The van der Waals surface area contributed by atoms with E-state index in [0.29, 0.717) is 12.2 Å². The van der Waals surface area contributed by atoms with Gasteiger partial charge in [-0.3, -0.25) is 14.4 Å². The van der Waals surface area contributed by atoms with Crippen LogP contribution in [0.5, 0.6) is 0 Å². The number of likely N-dealkylation sites (tertiary alicyclic amines) is 1. The summed E-state index contributed by atoms with van der Waals surface area (Å²) in [4.78, 5) is 39.3. The van der Waals surface area contributed by atoms with E-state index in [0.717, 1.165) is 31.6 Å². The van der Waals surface area contributed by atoms with E-state index in [9.17, 15) is 14.4 Å². The molecule has 2 heterocycles. The number of rotatable bonds is 3. The van der Waals surface area contributed by atoms with Crippen molar-refractivity contribution in [2.24, 2.45) is 5.92 Å². The molecule has 2 saturated heterocycles. The van der Waals surface area contributed by atoms with Crippen LogP contribution in [-0.2, 0) is 14.4 Å². The van der Waals surface area contributed by atoms with Gasteiger partial charge in [0.15, 0.2) is 0 Å². The smallest absolute Gasteiger partial charge is 0.228 e. The fourth-order valence-corrected chi connectivity index (χ4v) is 3.25. The number of carbonyl (C=O) groups is 3. The Bertz CT molecular complexity index is 620. The minimum Gasteiger partial charge on any atom is -0.342 e. The first-order chi connectivity index (χ1) is 11.0. The zero-order valence-electron chi connectivity index (χ0n) is 13.2.